The number of likely N-dealkylation sites (tertiary alicyclic amines) is 1. The summed E-state index contributed by atoms with van der Waals surface area (Å²) in [5.41, 5.74) is 1.24. The van der Waals surface area contributed by atoms with Crippen molar-refractivity contribution in [2.45, 2.75) is 25.9 Å². The minimum Gasteiger partial charge on any atom is -0.297 e. The van der Waals surface area contributed by atoms with E-state index in [2.05, 4.69) is 9.80 Å². The minimum atomic E-state index is -0.250. The summed E-state index contributed by atoms with van der Waals surface area (Å²) in [6, 6.07) is 7.67. The summed E-state index contributed by atoms with van der Waals surface area (Å²) in [6.07, 6.45) is 0.337. The Bertz CT molecular complexity index is 582. The van der Waals surface area contributed by atoms with Gasteiger partial charge in [0.1, 0.15) is 0 Å². The number of hydrogen-bond donors (Lipinski definition) is 0. The standard InChI is InChI=1S/C17H22ClN3O2/c1-2-21-16(22)11-15(17(21)23)20-9-7-19(8-10-20)12-13-3-5-14(18)6-4-13/h3-6,15H,2,7-12H2,1H3/t15-/m0/s1. The maximum Gasteiger partial charge on any atom is 0.247 e. The molecule has 2 aliphatic rings. The fourth-order valence-corrected chi connectivity index (χ4v) is 3.49. The fraction of sp³-hybridized carbons (Fsp3) is 0.529. The van der Waals surface area contributed by atoms with Gasteiger partial charge in [-0.05, 0) is 24.6 Å². The third-order valence-corrected chi connectivity index (χ3v) is 4.96. The molecule has 0 aliphatic carbocycles. The molecule has 0 bridgehead atoms. The lowest BCUT2D eigenvalue weighted by Crippen LogP contribution is -2.52. The molecule has 0 N–H and O–H groups in total. The number of halogens is 1. The Labute approximate surface area is 141 Å². The van der Waals surface area contributed by atoms with Crippen molar-refractivity contribution in [3.8, 4) is 0 Å². The predicted octanol–water partition coefficient (Wildman–Crippen LogP) is 1.60. The zero-order valence-corrected chi connectivity index (χ0v) is 14.1. The molecule has 1 aromatic rings. The maximum atomic E-state index is 12.3. The molecule has 0 saturated carbocycles. The largest absolute Gasteiger partial charge is 0.297 e. The van der Waals surface area contributed by atoms with Crippen LogP contribution in [0.4, 0.5) is 0 Å². The highest BCUT2D eigenvalue weighted by Crippen LogP contribution is 2.20. The van der Waals surface area contributed by atoms with Crippen LogP contribution in [0.2, 0.25) is 5.02 Å². The highest BCUT2D eigenvalue weighted by Gasteiger charge is 2.41. The number of amides is 2. The van der Waals surface area contributed by atoms with E-state index in [9.17, 15) is 9.59 Å². The molecule has 23 heavy (non-hydrogen) atoms. The summed E-state index contributed by atoms with van der Waals surface area (Å²) in [4.78, 5) is 30.1. The van der Waals surface area contributed by atoms with Gasteiger partial charge in [-0.2, -0.15) is 0 Å². The van der Waals surface area contributed by atoms with Crippen LogP contribution in [0.1, 0.15) is 18.9 Å². The average Bonchev–Trinajstić information content (AvgIpc) is 2.84. The number of hydrogen-bond acceptors (Lipinski definition) is 4. The summed E-state index contributed by atoms with van der Waals surface area (Å²) in [5, 5.41) is 0.753. The summed E-state index contributed by atoms with van der Waals surface area (Å²) < 4.78 is 0. The molecular weight excluding hydrogens is 314 g/mol. The Balaban J connectivity index is 1.53. The number of carbonyl (C=O) groups is 2. The Morgan fingerprint density at radius 3 is 2.30 bits per heavy atom. The molecule has 2 saturated heterocycles. The van der Waals surface area contributed by atoms with Crippen LogP contribution in [0, 0.1) is 0 Å². The molecule has 2 heterocycles. The molecule has 5 nitrogen and oxygen atoms in total. The van der Waals surface area contributed by atoms with E-state index in [1.807, 2.05) is 31.2 Å². The minimum absolute atomic E-state index is 0.0244. The molecule has 1 aromatic carbocycles. The Morgan fingerprint density at radius 1 is 1.09 bits per heavy atom. The lowest BCUT2D eigenvalue weighted by Gasteiger charge is -2.37. The Morgan fingerprint density at radius 2 is 1.74 bits per heavy atom. The van der Waals surface area contributed by atoms with Crippen LogP contribution < -0.4 is 0 Å². The number of nitrogens with zero attached hydrogens (tertiary/aromatic N) is 3. The van der Waals surface area contributed by atoms with Gasteiger partial charge in [0.2, 0.25) is 11.8 Å². The van der Waals surface area contributed by atoms with Crippen molar-refractivity contribution in [3.05, 3.63) is 34.9 Å². The average molecular weight is 336 g/mol. The molecular formula is C17H22ClN3O2. The summed E-state index contributed by atoms with van der Waals surface area (Å²) in [7, 11) is 0. The molecule has 2 fully saturated rings. The Hall–Kier alpha value is -1.43. The molecule has 1 atom stereocenters. The first-order valence-corrected chi connectivity index (χ1v) is 8.51. The van der Waals surface area contributed by atoms with E-state index in [0.717, 1.165) is 37.7 Å². The van der Waals surface area contributed by atoms with Crippen molar-refractivity contribution in [3.63, 3.8) is 0 Å². The van der Waals surface area contributed by atoms with Crippen molar-refractivity contribution in [1.82, 2.24) is 14.7 Å². The normalized spacial score (nSPS) is 23.7. The van der Waals surface area contributed by atoms with Crippen LogP contribution in [0.15, 0.2) is 24.3 Å². The van der Waals surface area contributed by atoms with E-state index in [4.69, 9.17) is 11.6 Å². The third kappa shape index (κ3) is 3.57. The molecule has 124 valence electrons. The number of benzene rings is 1. The van der Waals surface area contributed by atoms with Crippen LogP contribution in [-0.2, 0) is 16.1 Å². The van der Waals surface area contributed by atoms with Crippen LogP contribution in [0.3, 0.4) is 0 Å². The second kappa shape index (κ2) is 6.99. The number of rotatable bonds is 4. The fourth-order valence-electron chi connectivity index (χ4n) is 3.36. The quantitative estimate of drug-likeness (QED) is 0.784. The third-order valence-electron chi connectivity index (χ3n) is 4.70. The zero-order chi connectivity index (χ0) is 16.4. The topological polar surface area (TPSA) is 43.9 Å². The van der Waals surface area contributed by atoms with Crippen molar-refractivity contribution < 1.29 is 9.59 Å². The highest BCUT2D eigenvalue weighted by molar-refractivity contribution is 6.30. The van der Waals surface area contributed by atoms with Gasteiger partial charge >= 0.3 is 0 Å². The number of carbonyl (C=O) groups excluding carboxylic acids is 2. The van der Waals surface area contributed by atoms with Crippen molar-refractivity contribution in [2.24, 2.45) is 0 Å². The van der Waals surface area contributed by atoms with Gasteiger partial charge in [0, 0.05) is 44.3 Å². The Kier molecular flexibility index (Phi) is 4.99. The van der Waals surface area contributed by atoms with E-state index in [1.165, 1.54) is 10.5 Å². The second-order valence-electron chi connectivity index (χ2n) is 6.13. The zero-order valence-electron chi connectivity index (χ0n) is 13.4. The summed E-state index contributed by atoms with van der Waals surface area (Å²) in [5.74, 6) is -0.0604. The van der Waals surface area contributed by atoms with E-state index in [-0.39, 0.29) is 17.9 Å². The van der Waals surface area contributed by atoms with Gasteiger partial charge in [-0.15, -0.1) is 0 Å². The van der Waals surface area contributed by atoms with E-state index < -0.39 is 0 Å². The number of likely N-dealkylation sites (N-methyl/N-ethyl adjacent to an activating group) is 1. The van der Waals surface area contributed by atoms with Crippen LogP contribution >= 0.6 is 11.6 Å². The van der Waals surface area contributed by atoms with E-state index >= 15 is 0 Å². The van der Waals surface area contributed by atoms with Gasteiger partial charge in [0.05, 0.1) is 12.5 Å². The van der Waals surface area contributed by atoms with Crippen molar-refractivity contribution in [1.29, 1.82) is 0 Å². The van der Waals surface area contributed by atoms with Gasteiger partial charge in [-0.1, -0.05) is 23.7 Å². The molecule has 0 radical (unpaired) electrons. The summed E-state index contributed by atoms with van der Waals surface area (Å²) >= 11 is 5.91. The molecule has 2 amide bonds. The maximum absolute atomic E-state index is 12.3. The first kappa shape index (κ1) is 16.4. The molecule has 2 aliphatic heterocycles. The van der Waals surface area contributed by atoms with Crippen LogP contribution in [0.25, 0.3) is 0 Å². The SMILES string of the molecule is CCN1C(=O)C[C@H](N2CCN(Cc3ccc(Cl)cc3)CC2)C1=O. The first-order chi connectivity index (χ1) is 11.1. The molecule has 0 unspecified atom stereocenters. The highest BCUT2D eigenvalue weighted by atomic mass is 35.5. The number of imide groups is 1. The smallest absolute Gasteiger partial charge is 0.247 e. The molecule has 3 rings (SSSR count). The van der Waals surface area contributed by atoms with Gasteiger partial charge < -0.3 is 0 Å². The van der Waals surface area contributed by atoms with Gasteiger partial charge in [-0.25, -0.2) is 0 Å². The first-order valence-electron chi connectivity index (χ1n) is 8.13. The predicted molar refractivity (Wildman–Crippen MR) is 89.1 cm³/mol. The van der Waals surface area contributed by atoms with Crippen molar-refractivity contribution in [2.75, 3.05) is 32.7 Å². The van der Waals surface area contributed by atoms with Gasteiger partial charge in [-0.3, -0.25) is 24.3 Å². The van der Waals surface area contributed by atoms with E-state index in [0.29, 0.717) is 13.0 Å². The molecule has 0 spiro atoms. The van der Waals surface area contributed by atoms with Gasteiger partial charge in [0.15, 0.2) is 0 Å². The lowest BCUT2D eigenvalue weighted by molar-refractivity contribution is -0.139. The van der Waals surface area contributed by atoms with Crippen LogP contribution in [-0.4, -0.2) is 65.3 Å². The number of piperazine rings is 1. The monoisotopic (exact) mass is 335 g/mol. The molecule has 0 aromatic heterocycles. The van der Waals surface area contributed by atoms with Crippen molar-refractivity contribution >= 4 is 23.4 Å². The lowest BCUT2D eigenvalue weighted by atomic mass is 10.1. The summed E-state index contributed by atoms with van der Waals surface area (Å²) in [6.45, 7) is 6.69. The van der Waals surface area contributed by atoms with Crippen LogP contribution in [0.5, 0.6) is 0 Å². The van der Waals surface area contributed by atoms with E-state index in [1.54, 1.807) is 0 Å². The van der Waals surface area contributed by atoms with Gasteiger partial charge in [0.25, 0.3) is 0 Å². The second-order valence-corrected chi connectivity index (χ2v) is 6.57. The molecule has 6 heteroatoms.